The zero-order valence-corrected chi connectivity index (χ0v) is 15.3. The maximum atomic E-state index is 12.4. The number of nitrogens with one attached hydrogen (secondary N) is 1. The number of carbonyl (C=O) groups excluding carboxylic acids is 1. The topological polar surface area (TPSA) is 117 Å². The maximum absolute atomic E-state index is 12.4. The van der Waals surface area contributed by atoms with Gasteiger partial charge in [0.15, 0.2) is 0 Å². The van der Waals surface area contributed by atoms with Gasteiger partial charge in [-0.15, -0.1) is 0 Å². The Balaban J connectivity index is 2.16. The van der Waals surface area contributed by atoms with Crippen molar-refractivity contribution < 1.29 is 35.3 Å². The fourth-order valence-corrected chi connectivity index (χ4v) is 3.55. The normalized spacial score (nSPS) is 24.3. The Labute approximate surface area is 152 Å². The Morgan fingerprint density at radius 2 is 2.16 bits per heavy atom. The van der Waals surface area contributed by atoms with Crippen molar-refractivity contribution in [1.29, 1.82) is 0 Å². The van der Waals surface area contributed by atoms with E-state index in [1.54, 1.807) is 22.6 Å². The molecule has 1 aliphatic rings. The molecule has 25 heavy (non-hydrogen) atoms. The summed E-state index contributed by atoms with van der Waals surface area (Å²) < 4.78 is 68.7. The molecule has 1 N–H and O–H groups in total. The highest BCUT2D eigenvalue weighted by molar-refractivity contribution is 14.1. The number of hydrogen-bond donors (Lipinski definition) is 1. The number of ether oxygens (including phenoxy) is 1. The van der Waals surface area contributed by atoms with Gasteiger partial charge in [0.2, 0.25) is 5.91 Å². The zero-order valence-electron chi connectivity index (χ0n) is 12.4. The molecule has 0 saturated carbocycles. The van der Waals surface area contributed by atoms with Gasteiger partial charge in [0.05, 0.1) is 0 Å². The van der Waals surface area contributed by atoms with E-state index in [-0.39, 0.29) is 12.2 Å². The van der Waals surface area contributed by atoms with Gasteiger partial charge in [0.1, 0.15) is 22.3 Å². The van der Waals surface area contributed by atoms with Crippen molar-refractivity contribution in [3.63, 3.8) is 0 Å². The number of halogens is 4. The highest BCUT2D eigenvalue weighted by Gasteiger charge is 2.51. The molecule has 140 valence electrons. The predicted molar refractivity (Wildman–Crippen MR) is 85.2 cm³/mol. The average Bonchev–Trinajstić information content (AvgIpc) is 2.77. The fraction of sp³-hybridized carbons (Fsp3) is 0.545. The van der Waals surface area contributed by atoms with E-state index in [1.807, 2.05) is 0 Å². The highest BCUT2D eigenvalue weighted by Crippen LogP contribution is 2.36. The molecule has 0 spiro atoms. The van der Waals surface area contributed by atoms with Gasteiger partial charge in [-0.25, -0.2) is 4.79 Å². The number of rotatable bonds is 4. The molecule has 2 rings (SSSR count). The first kappa shape index (κ1) is 20.1. The molecule has 1 aromatic heterocycles. The lowest BCUT2D eigenvalue weighted by molar-refractivity contribution is -0.114. The van der Waals surface area contributed by atoms with Gasteiger partial charge in [0, 0.05) is 19.5 Å². The summed E-state index contributed by atoms with van der Waals surface area (Å²) in [6.45, 7) is 1.22. The minimum absolute atomic E-state index is 0.00906. The molecular weight excluding hydrogens is 486 g/mol. The van der Waals surface area contributed by atoms with Crippen molar-refractivity contribution in [1.82, 2.24) is 9.55 Å². The van der Waals surface area contributed by atoms with Crippen LogP contribution in [0.4, 0.5) is 19.0 Å². The number of nitrogens with zero attached hydrogens (tertiary/aromatic N) is 2. The summed E-state index contributed by atoms with van der Waals surface area (Å²) in [5.74, 6) is -0.454. The van der Waals surface area contributed by atoms with Gasteiger partial charge in [-0.3, -0.25) is 13.5 Å². The van der Waals surface area contributed by atoms with Gasteiger partial charge in [-0.2, -0.15) is 26.6 Å². The molecule has 0 unspecified atom stereocenters. The monoisotopic (exact) mass is 497 g/mol. The van der Waals surface area contributed by atoms with Crippen molar-refractivity contribution in [2.24, 2.45) is 0 Å². The number of amides is 1. The molecule has 1 saturated heterocycles. The van der Waals surface area contributed by atoms with Crippen molar-refractivity contribution in [3.05, 3.63) is 22.7 Å². The largest absolute Gasteiger partial charge is 0.523 e. The second-order valence-corrected chi connectivity index (χ2v) is 7.69. The summed E-state index contributed by atoms with van der Waals surface area (Å²) in [6.07, 6.45) is -1.60. The van der Waals surface area contributed by atoms with Crippen LogP contribution in [0.15, 0.2) is 17.1 Å². The molecule has 1 amide bonds. The number of aromatic nitrogens is 2. The molecule has 2 heterocycles. The Morgan fingerprint density at radius 3 is 2.68 bits per heavy atom. The minimum atomic E-state index is -5.79. The third kappa shape index (κ3) is 4.68. The third-order valence-corrected chi connectivity index (χ3v) is 5.15. The maximum Gasteiger partial charge on any atom is 0.523 e. The van der Waals surface area contributed by atoms with Crippen LogP contribution in [0, 0.1) is 0 Å². The van der Waals surface area contributed by atoms with Gasteiger partial charge in [0.25, 0.3) is 0 Å². The van der Waals surface area contributed by atoms with E-state index >= 15 is 0 Å². The van der Waals surface area contributed by atoms with E-state index in [2.05, 4.69) is 14.5 Å². The summed E-state index contributed by atoms with van der Waals surface area (Å²) in [6, 6.07) is 1.29. The zero-order chi connectivity index (χ0) is 19.0. The SMILES string of the molecule is CC(=O)Nc1ccn([C@@H]2C[C@H](OS(=O)(=O)C(F)(F)F)[C@@H](I)O2)c(=O)n1. The van der Waals surface area contributed by atoms with Gasteiger partial charge < -0.3 is 10.1 Å². The third-order valence-electron chi connectivity index (χ3n) is 2.99. The van der Waals surface area contributed by atoms with Crippen LogP contribution < -0.4 is 11.0 Å². The molecule has 0 bridgehead atoms. The molecule has 14 heteroatoms. The number of hydrogen-bond acceptors (Lipinski definition) is 7. The van der Waals surface area contributed by atoms with Crippen molar-refractivity contribution in [3.8, 4) is 0 Å². The average molecular weight is 497 g/mol. The van der Waals surface area contributed by atoms with E-state index in [1.165, 1.54) is 19.2 Å². The second-order valence-electron chi connectivity index (χ2n) is 4.90. The van der Waals surface area contributed by atoms with Crippen molar-refractivity contribution in [2.45, 2.75) is 35.3 Å². The Morgan fingerprint density at radius 1 is 1.52 bits per heavy atom. The van der Waals surface area contributed by atoms with Crippen LogP contribution in [0.1, 0.15) is 19.6 Å². The van der Waals surface area contributed by atoms with E-state index in [4.69, 9.17) is 4.74 Å². The van der Waals surface area contributed by atoms with Crippen molar-refractivity contribution in [2.75, 3.05) is 5.32 Å². The van der Waals surface area contributed by atoms with Crippen LogP contribution in [0.25, 0.3) is 0 Å². The number of carbonyl (C=O) groups is 1. The molecular formula is C11H11F3IN3O6S. The molecule has 0 aromatic carbocycles. The Hall–Kier alpha value is -1.26. The van der Waals surface area contributed by atoms with E-state index in [9.17, 15) is 31.2 Å². The Bertz CT molecular complexity index is 827. The van der Waals surface area contributed by atoms with Crippen LogP contribution in [0.3, 0.4) is 0 Å². The first-order chi connectivity index (χ1) is 11.4. The summed E-state index contributed by atoms with van der Waals surface area (Å²) in [7, 11) is -5.79. The predicted octanol–water partition coefficient (Wildman–Crippen LogP) is 1.12. The number of anilines is 1. The van der Waals surface area contributed by atoms with Crippen LogP contribution in [-0.4, -0.2) is 39.6 Å². The van der Waals surface area contributed by atoms with Crippen LogP contribution >= 0.6 is 22.6 Å². The lowest BCUT2D eigenvalue weighted by Crippen LogP contribution is -2.32. The van der Waals surface area contributed by atoms with Crippen LogP contribution in [0.2, 0.25) is 0 Å². The standard InChI is InChI=1S/C11H11F3IN3O6S/c1-5(19)16-7-2-3-18(10(20)17-7)8-4-6(9(15)23-8)24-25(21,22)11(12,13)14/h2-3,6,8-9H,4H2,1H3,(H,16,17,19,20)/t6-,8-,9-/m0/s1. The van der Waals surface area contributed by atoms with Gasteiger partial charge in [-0.05, 0) is 28.7 Å². The molecule has 1 aliphatic heterocycles. The van der Waals surface area contributed by atoms with E-state index in [0.29, 0.717) is 0 Å². The molecule has 1 fully saturated rings. The minimum Gasteiger partial charge on any atom is -0.341 e. The lowest BCUT2D eigenvalue weighted by atomic mass is 10.3. The highest BCUT2D eigenvalue weighted by atomic mass is 127. The second kappa shape index (κ2) is 7.16. The van der Waals surface area contributed by atoms with Crippen molar-refractivity contribution >= 4 is 44.4 Å². The Kier molecular flexibility index (Phi) is 5.75. The fourth-order valence-electron chi connectivity index (χ4n) is 1.96. The van der Waals surface area contributed by atoms with Crippen LogP contribution in [-0.2, 0) is 23.8 Å². The summed E-state index contributed by atoms with van der Waals surface area (Å²) >= 11 is 1.57. The summed E-state index contributed by atoms with van der Waals surface area (Å²) in [5.41, 5.74) is -6.39. The summed E-state index contributed by atoms with van der Waals surface area (Å²) in [4.78, 5) is 26.4. The quantitative estimate of drug-likeness (QED) is 0.287. The van der Waals surface area contributed by atoms with Gasteiger partial charge >= 0.3 is 21.3 Å². The smallest absolute Gasteiger partial charge is 0.341 e. The molecule has 1 aromatic rings. The molecule has 0 aliphatic carbocycles. The van der Waals surface area contributed by atoms with E-state index in [0.717, 1.165) is 4.57 Å². The van der Waals surface area contributed by atoms with E-state index < -0.39 is 43.7 Å². The molecule has 3 atom stereocenters. The van der Waals surface area contributed by atoms with Gasteiger partial charge in [-0.1, -0.05) is 0 Å². The first-order valence-corrected chi connectivity index (χ1v) is 9.22. The lowest BCUT2D eigenvalue weighted by Gasteiger charge is -2.14. The molecule has 0 radical (unpaired) electrons. The molecule has 9 nitrogen and oxygen atoms in total. The summed E-state index contributed by atoms with van der Waals surface area (Å²) in [5, 5.41) is 2.29. The number of alkyl halides is 4. The first-order valence-electron chi connectivity index (χ1n) is 6.56. The van der Waals surface area contributed by atoms with Crippen LogP contribution in [0.5, 0.6) is 0 Å².